The average Bonchev–Trinajstić information content (AvgIpc) is 1.78. The second-order valence-corrected chi connectivity index (χ2v) is 23.1. The quantitative estimate of drug-likeness (QED) is 0.0441. The number of nitrogens with zero attached hydrogens (tertiary/aromatic N) is 6. The van der Waals surface area contributed by atoms with Gasteiger partial charge in [0.1, 0.15) is 45.1 Å². The van der Waals surface area contributed by atoms with E-state index in [4.69, 9.17) is 9.47 Å². The number of benzene rings is 4. The van der Waals surface area contributed by atoms with Gasteiger partial charge in [-0.25, -0.2) is 50.9 Å². The first-order valence-corrected chi connectivity index (χ1v) is 28.0. The van der Waals surface area contributed by atoms with E-state index in [-0.39, 0.29) is 63.8 Å². The van der Waals surface area contributed by atoms with Gasteiger partial charge in [0.25, 0.3) is 29.5 Å². The van der Waals surface area contributed by atoms with Crippen LogP contribution in [0.15, 0.2) is 85.2 Å². The van der Waals surface area contributed by atoms with Crippen LogP contribution < -0.4 is 26.6 Å². The first kappa shape index (κ1) is 63.1. The van der Waals surface area contributed by atoms with Crippen molar-refractivity contribution in [2.45, 2.75) is 117 Å². The number of carbonyl (C=O) groups is 8. The predicted molar refractivity (Wildman–Crippen MR) is 311 cm³/mol. The van der Waals surface area contributed by atoms with Crippen LogP contribution in [0.3, 0.4) is 0 Å². The van der Waals surface area contributed by atoms with E-state index >= 15 is 0 Å². The number of halogens is 4. The molecule has 0 saturated carbocycles. The SMILES string of the molecule is CNC(=O)c1cnn2c(C(=O)N[C@H]3CCc4c3ccc(C(=O)OC(C)(C)C)c4C)cc(C(=O)NCc3ccc(F)c(F)c3)nc12.Cc1c(C(=O)OC(C)(C)C)ccc2c1CC[C@@H]2NC(=O)c1cc(C(=O)NCc2ccc(F)c(F)c2)nc2c(C(=O)O)cnn12. The molecule has 0 unspecified atom stereocenters. The lowest BCUT2D eigenvalue weighted by Gasteiger charge is -2.21. The zero-order chi connectivity index (χ0) is 64.6. The second-order valence-electron chi connectivity index (χ2n) is 23.1. The smallest absolute Gasteiger partial charge is 0.341 e. The van der Waals surface area contributed by atoms with Crippen LogP contribution in [0, 0.1) is 37.1 Å². The summed E-state index contributed by atoms with van der Waals surface area (Å²) in [5.74, 6) is -9.63. The van der Waals surface area contributed by atoms with Crippen molar-refractivity contribution in [3.63, 3.8) is 0 Å². The summed E-state index contributed by atoms with van der Waals surface area (Å²) in [6, 6.07) is 14.9. The lowest BCUT2D eigenvalue weighted by molar-refractivity contribution is 0.00559. The van der Waals surface area contributed by atoms with Crippen LogP contribution >= 0.6 is 0 Å². The summed E-state index contributed by atoms with van der Waals surface area (Å²) in [5, 5.41) is 31.3. The van der Waals surface area contributed by atoms with Crippen LogP contribution in [0.25, 0.3) is 11.3 Å². The lowest BCUT2D eigenvalue weighted by atomic mass is 9.97. The van der Waals surface area contributed by atoms with Crippen molar-refractivity contribution < 1.29 is 70.5 Å². The van der Waals surface area contributed by atoms with Crippen LogP contribution in [0.2, 0.25) is 0 Å². The van der Waals surface area contributed by atoms with Gasteiger partial charge in [0.2, 0.25) is 0 Å². The van der Waals surface area contributed by atoms with Crippen molar-refractivity contribution in [1.82, 2.24) is 55.8 Å². The number of nitrogens with one attached hydrogen (secondary N) is 5. The summed E-state index contributed by atoms with van der Waals surface area (Å²) in [5.41, 5.74) is 4.07. The lowest BCUT2D eigenvalue weighted by Crippen LogP contribution is -2.31. The molecule has 6 N–H and O–H groups in total. The maximum atomic E-state index is 13.7. The Kier molecular flexibility index (Phi) is 17.8. The van der Waals surface area contributed by atoms with Gasteiger partial charge in [0, 0.05) is 32.3 Å². The highest BCUT2D eigenvalue weighted by atomic mass is 19.2. The maximum Gasteiger partial charge on any atom is 0.341 e. The standard InChI is InChI=1S/C32H32F2N6O5.C31H29F2N5O6/c1-16-18-9-11-24(20(18)8-7-19(16)31(44)45-32(2,3)4)39-30(43)26-13-25(38-27-21(28(41)35-5)15-37-40(26)27)29(42)36-14-17-6-10-22(33)23(34)12-17;1-15-17-8-10-23(19(17)7-6-18(15)30(43)44-31(2,3)4)37-28(40)25-12-24(36-26-20(29(41)42)14-35-38(25)26)27(39)34-13-16-5-9-21(32)22(33)11-16/h6-8,10,12-13,15,24H,9,11,14H2,1-5H3,(H,35,41)(H,36,42)(H,39,43);5-7,9,11-12,14,23H,8,10,13H2,1-4H3,(H,34,39)(H,37,40)(H,41,42)/t24-;23-/m00/s1. The predicted octanol–water partition coefficient (Wildman–Crippen LogP) is 8.29. The molecule has 89 heavy (non-hydrogen) atoms. The van der Waals surface area contributed by atoms with Crippen LogP contribution in [0.5, 0.6) is 0 Å². The number of hydrogen-bond donors (Lipinski definition) is 6. The molecule has 0 saturated heterocycles. The number of ether oxygens (including phenoxy) is 2. The first-order valence-electron chi connectivity index (χ1n) is 28.0. The van der Waals surface area contributed by atoms with Crippen molar-refractivity contribution in [3.05, 3.63) is 198 Å². The minimum absolute atomic E-state index is 0.0235. The molecule has 0 fully saturated rings. The molecule has 4 aromatic heterocycles. The minimum atomic E-state index is -1.36. The maximum absolute atomic E-state index is 13.7. The fourth-order valence-electron chi connectivity index (χ4n) is 10.4. The van der Waals surface area contributed by atoms with Crippen molar-refractivity contribution in [2.75, 3.05) is 7.05 Å². The summed E-state index contributed by atoms with van der Waals surface area (Å²) >= 11 is 0. The Labute approximate surface area is 505 Å². The van der Waals surface area contributed by atoms with Gasteiger partial charge in [-0.15, -0.1) is 0 Å². The highest BCUT2D eigenvalue weighted by molar-refractivity contribution is 6.04. The van der Waals surface area contributed by atoms with E-state index in [9.17, 15) is 61.0 Å². The zero-order valence-electron chi connectivity index (χ0n) is 49.7. The van der Waals surface area contributed by atoms with Gasteiger partial charge in [-0.3, -0.25) is 24.0 Å². The molecule has 22 nitrogen and oxygen atoms in total. The van der Waals surface area contributed by atoms with Crippen molar-refractivity contribution in [1.29, 1.82) is 0 Å². The summed E-state index contributed by atoms with van der Waals surface area (Å²) in [7, 11) is 1.42. The third-order valence-corrected chi connectivity index (χ3v) is 14.7. The van der Waals surface area contributed by atoms with E-state index in [1.165, 1.54) is 42.0 Å². The molecule has 2 aliphatic rings. The summed E-state index contributed by atoms with van der Waals surface area (Å²) in [4.78, 5) is 112. The third kappa shape index (κ3) is 13.7. The van der Waals surface area contributed by atoms with Crippen LogP contribution in [0.1, 0.15) is 194 Å². The number of hydrogen-bond acceptors (Lipinski definition) is 14. The topological polar surface area (TPSA) is 296 Å². The summed E-state index contributed by atoms with van der Waals surface area (Å²) < 4.78 is 67.1. The molecule has 8 aromatic rings. The Morgan fingerprint density at radius 3 is 1.33 bits per heavy atom. The number of fused-ring (bicyclic) bond motifs is 4. The van der Waals surface area contributed by atoms with E-state index < -0.39 is 94.0 Å². The fraction of sp³-hybridized carbons (Fsp3) is 0.302. The summed E-state index contributed by atoms with van der Waals surface area (Å²) in [6.45, 7) is 14.1. The molecule has 0 spiro atoms. The van der Waals surface area contributed by atoms with E-state index in [1.807, 2.05) is 13.8 Å². The van der Waals surface area contributed by atoms with E-state index in [0.29, 0.717) is 42.4 Å². The fourth-order valence-corrected chi connectivity index (χ4v) is 10.4. The van der Waals surface area contributed by atoms with Crippen LogP contribution in [0.4, 0.5) is 17.6 Å². The Morgan fingerprint density at radius 1 is 0.539 bits per heavy atom. The highest BCUT2D eigenvalue weighted by Crippen LogP contribution is 2.37. The number of carboxylic acid groups (broad SMARTS) is 1. The van der Waals surface area contributed by atoms with E-state index in [0.717, 1.165) is 68.4 Å². The van der Waals surface area contributed by atoms with Gasteiger partial charge in [0.15, 0.2) is 34.6 Å². The van der Waals surface area contributed by atoms with Crippen molar-refractivity contribution in [3.8, 4) is 0 Å². The number of esters is 2. The number of aromatic carboxylic acids is 1. The largest absolute Gasteiger partial charge is 0.477 e. The third-order valence-electron chi connectivity index (χ3n) is 14.7. The Bertz CT molecular complexity index is 4240. The molecule has 0 bridgehead atoms. The van der Waals surface area contributed by atoms with Gasteiger partial charge in [-0.2, -0.15) is 10.2 Å². The zero-order valence-corrected chi connectivity index (χ0v) is 49.7. The van der Waals surface area contributed by atoms with Gasteiger partial charge < -0.3 is 41.2 Å². The average molecular weight is 1220 g/mol. The van der Waals surface area contributed by atoms with Crippen molar-refractivity contribution in [2.24, 2.45) is 0 Å². The minimum Gasteiger partial charge on any atom is -0.477 e. The monoisotopic (exact) mass is 1220 g/mol. The number of rotatable bonds is 14. The molecule has 10 rings (SSSR count). The van der Waals surface area contributed by atoms with Gasteiger partial charge in [0.05, 0.1) is 35.6 Å². The second kappa shape index (κ2) is 25.1. The molecule has 4 aromatic carbocycles. The van der Waals surface area contributed by atoms with Crippen LogP contribution in [-0.2, 0) is 35.4 Å². The molecule has 462 valence electrons. The molecule has 0 aliphatic heterocycles. The highest BCUT2D eigenvalue weighted by Gasteiger charge is 2.33. The van der Waals surface area contributed by atoms with E-state index in [1.54, 1.807) is 65.8 Å². The van der Waals surface area contributed by atoms with Gasteiger partial charge in [-0.1, -0.05) is 24.3 Å². The molecular weight excluding hydrogens is 1160 g/mol. The Morgan fingerprint density at radius 2 is 0.944 bits per heavy atom. The van der Waals surface area contributed by atoms with Gasteiger partial charge in [-0.05, 0) is 162 Å². The van der Waals surface area contributed by atoms with E-state index in [2.05, 4.69) is 46.7 Å². The molecule has 2 aliphatic carbocycles. The van der Waals surface area contributed by atoms with Gasteiger partial charge >= 0.3 is 17.9 Å². The Hall–Kier alpha value is -10.4. The molecule has 4 heterocycles. The van der Waals surface area contributed by atoms with Crippen LogP contribution in [-0.4, -0.2) is 100.0 Å². The molecule has 2 atom stereocenters. The van der Waals surface area contributed by atoms with Crippen molar-refractivity contribution >= 4 is 58.7 Å². The molecule has 26 heteroatoms. The summed E-state index contributed by atoms with van der Waals surface area (Å²) in [6.07, 6.45) is 4.59. The molecule has 0 radical (unpaired) electrons. The molecular formula is C63H61F4N11O11. The normalized spacial score (nSPS) is 14.2. The number of amides is 5. The first-order chi connectivity index (χ1) is 42.0. The number of aromatic nitrogens is 6. The molecule has 5 amide bonds. The number of carboxylic acids is 1. The Balaban J connectivity index is 0.000000211. The number of carbonyl (C=O) groups excluding carboxylic acids is 7.